The molecule has 1 atom stereocenters. The molecule has 1 N–H and O–H groups in total. The van der Waals surface area contributed by atoms with Gasteiger partial charge in [0.25, 0.3) is 5.91 Å². The van der Waals surface area contributed by atoms with E-state index in [0.29, 0.717) is 23.0 Å². The zero-order chi connectivity index (χ0) is 22.2. The van der Waals surface area contributed by atoms with E-state index in [9.17, 15) is 9.59 Å². The summed E-state index contributed by atoms with van der Waals surface area (Å²) in [4.78, 5) is 24.1. The number of amides is 1. The van der Waals surface area contributed by atoms with E-state index in [1.54, 1.807) is 10.8 Å². The first-order valence-electron chi connectivity index (χ1n) is 9.90. The smallest absolute Gasteiger partial charge is 0.331 e. The summed E-state index contributed by atoms with van der Waals surface area (Å²) < 4.78 is 6.71. The maximum absolute atomic E-state index is 12.0. The third-order valence-electron chi connectivity index (χ3n) is 4.69. The molecule has 160 valence electrons. The number of hydrogen-bond donors (Lipinski definition) is 1. The molecule has 3 aromatic rings. The number of ether oxygens (including phenoxy) is 1. The first-order chi connectivity index (χ1) is 14.9. The molecule has 1 unspecified atom stereocenters. The summed E-state index contributed by atoms with van der Waals surface area (Å²) in [5, 5.41) is 7.66. The lowest BCUT2D eigenvalue weighted by Crippen LogP contribution is -2.30. The predicted molar refractivity (Wildman–Crippen MR) is 121 cm³/mol. The van der Waals surface area contributed by atoms with Crippen molar-refractivity contribution in [2.45, 2.75) is 26.4 Å². The molecule has 0 saturated heterocycles. The number of aryl methyl sites for hydroxylation is 1. The lowest BCUT2D eigenvalue weighted by atomic mass is 10.1. The van der Waals surface area contributed by atoms with Crippen molar-refractivity contribution in [3.8, 4) is 0 Å². The summed E-state index contributed by atoms with van der Waals surface area (Å²) in [5.41, 5.74) is 3.37. The van der Waals surface area contributed by atoms with Gasteiger partial charge in [-0.15, -0.1) is 0 Å². The SMILES string of the molecule is Cc1nn(Cc2ccccc2)c(Cl)c1/C=C/C(=O)OCC(=O)NC(C)c1ccccc1. The highest BCUT2D eigenvalue weighted by Crippen LogP contribution is 2.22. The second-order valence-corrected chi connectivity index (χ2v) is 7.43. The van der Waals surface area contributed by atoms with Crippen molar-refractivity contribution in [1.82, 2.24) is 15.1 Å². The van der Waals surface area contributed by atoms with Crippen LogP contribution in [0.3, 0.4) is 0 Å². The maximum Gasteiger partial charge on any atom is 0.331 e. The number of aromatic nitrogens is 2. The van der Waals surface area contributed by atoms with Crippen molar-refractivity contribution >= 4 is 29.6 Å². The zero-order valence-corrected chi connectivity index (χ0v) is 18.2. The van der Waals surface area contributed by atoms with Gasteiger partial charge in [0.15, 0.2) is 6.61 Å². The van der Waals surface area contributed by atoms with Gasteiger partial charge >= 0.3 is 5.97 Å². The van der Waals surface area contributed by atoms with Gasteiger partial charge in [-0.1, -0.05) is 72.3 Å². The standard InChI is InChI=1S/C24H24ClN3O3/c1-17(20-11-7-4-8-12-20)26-22(29)16-31-23(30)14-13-21-18(2)27-28(24(21)25)15-19-9-5-3-6-10-19/h3-14,17H,15-16H2,1-2H3,(H,26,29)/b14-13+. The molecule has 0 bridgehead atoms. The Morgan fingerprint density at radius 1 is 1.13 bits per heavy atom. The van der Waals surface area contributed by atoms with Crippen LogP contribution >= 0.6 is 11.6 Å². The van der Waals surface area contributed by atoms with Gasteiger partial charge in [-0.25, -0.2) is 9.48 Å². The van der Waals surface area contributed by atoms with Crippen LogP contribution in [0, 0.1) is 6.92 Å². The van der Waals surface area contributed by atoms with Gasteiger partial charge in [-0.2, -0.15) is 5.10 Å². The quantitative estimate of drug-likeness (QED) is 0.420. The third-order valence-corrected chi connectivity index (χ3v) is 5.09. The first kappa shape index (κ1) is 22.3. The molecule has 0 radical (unpaired) electrons. The average Bonchev–Trinajstić information content (AvgIpc) is 3.04. The molecular weight excluding hydrogens is 414 g/mol. The number of benzene rings is 2. The Balaban J connectivity index is 1.53. The van der Waals surface area contributed by atoms with E-state index in [-0.39, 0.29) is 18.6 Å². The molecule has 0 aliphatic carbocycles. The number of nitrogens with one attached hydrogen (secondary N) is 1. The minimum Gasteiger partial charge on any atom is -0.452 e. The Hall–Kier alpha value is -3.38. The summed E-state index contributed by atoms with van der Waals surface area (Å²) in [6.07, 6.45) is 2.80. The monoisotopic (exact) mass is 437 g/mol. The van der Waals surface area contributed by atoms with E-state index in [1.165, 1.54) is 6.08 Å². The molecule has 1 aromatic heterocycles. The fourth-order valence-corrected chi connectivity index (χ4v) is 3.36. The summed E-state index contributed by atoms with van der Waals surface area (Å²) in [7, 11) is 0. The van der Waals surface area contributed by atoms with Gasteiger partial charge in [0.2, 0.25) is 0 Å². The van der Waals surface area contributed by atoms with E-state index in [2.05, 4.69) is 10.4 Å². The third kappa shape index (κ3) is 6.30. The van der Waals surface area contributed by atoms with Gasteiger partial charge < -0.3 is 10.1 Å². The highest BCUT2D eigenvalue weighted by atomic mass is 35.5. The number of nitrogens with zero attached hydrogens (tertiary/aromatic N) is 2. The van der Waals surface area contributed by atoms with Crippen LogP contribution in [0.2, 0.25) is 5.15 Å². The van der Waals surface area contributed by atoms with Crippen molar-refractivity contribution in [3.05, 3.63) is 94.3 Å². The van der Waals surface area contributed by atoms with Crippen molar-refractivity contribution < 1.29 is 14.3 Å². The van der Waals surface area contributed by atoms with E-state index < -0.39 is 5.97 Å². The Morgan fingerprint density at radius 3 is 2.45 bits per heavy atom. The van der Waals surface area contributed by atoms with E-state index in [0.717, 1.165) is 11.1 Å². The van der Waals surface area contributed by atoms with Crippen LogP contribution in [0.1, 0.15) is 35.3 Å². The number of rotatable bonds is 8. The first-order valence-corrected chi connectivity index (χ1v) is 10.3. The normalized spacial score (nSPS) is 12.0. The minimum atomic E-state index is -0.631. The molecule has 2 aromatic carbocycles. The molecule has 0 fully saturated rings. The van der Waals surface area contributed by atoms with Crippen molar-refractivity contribution in [3.63, 3.8) is 0 Å². The van der Waals surface area contributed by atoms with Gasteiger partial charge in [0, 0.05) is 11.6 Å². The lowest BCUT2D eigenvalue weighted by molar-refractivity contribution is -0.144. The number of carbonyl (C=O) groups is 2. The van der Waals surface area contributed by atoms with E-state index in [4.69, 9.17) is 16.3 Å². The van der Waals surface area contributed by atoms with Crippen molar-refractivity contribution in [2.24, 2.45) is 0 Å². The number of halogens is 1. The average molecular weight is 438 g/mol. The predicted octanol–water partition coefficient (Wildman–Crippen LogP) is 4.33. The summed E-state index contributed by atoms with van der Waals surface area (Å²) in [6, 6.07) is 19.2. The Morgan fingerprint density at radius 2 is 1.77 bits per heavy atom. The zero-order valence-electron chi connectivity index (χ0n) is 17.4. The highest BCUT2D eigenvalue weighted by Gasteiger charge is 2.13. The van der Waals surface area contributed by atoms with E-state index >= 15 is 0 Å². The fourth-order valence-electron chi connectivity index (χ4n) is 3.06. The van der Waals surface area contributed by atoms with Crippen molar-refractivity contribution in [2.75, 3.05) is 6.61 Å². The van der Waals surface area contributed by atoms with Gasteiger partial charge in [0.1, 0.15) is 5.15 Å². The van der Waals surface area contributed by atoms with Crippen LogP contribution in [0.15, 0.2) is 66.7 Å². The van der Waals surface area contributed by atoms with E-state index in [1.807, 2.05) is 74.5 Å². The van der Waals surface area contributed by atoms with Crippen molar-refractivity contribution in [1.29, 1.82) is 0 Å². The summed E-state index contributed by atoms with van der Waals surface area (Å²) >= 11 is 6.44. The van der Waals surface area contributed by atoms with Crippen LogP contribution in [0.25, 0.3) is 6.08 Å². The molecule has 0 saturated carbocycles. The topological polar surface area (TPSA) is 73.2 Å². The molecule has 1 amide bonds. The Bertz CT molecular complexity index is 1060. The van der Waals surface area contributed by atoms with Gasteiger partial charge in [0.05, 0.1) is 18.3 Å². The second-order valence-electron chi connectivity index (χ2n) is 7.07. The molecule has 6 nitrogen and oxygen atoms in total. The van der Waals surface area contributed by atoms with Crippen LogP contribution < -0.4 is 5.32 Å². The number of carbonyl (C=O) groups excluding carboxylic acids is 2. The number of esters is 1. The lowest BCUT2D eigenvalue weighted by Gasteiger charge is -2.13. The van der Waals surface area contributed by atoms with Crippen LogP contribution in [-0.2, 0) is 20.9 Å². The van der Waals surface area contributed by atoms with Crippen LogP contribution in [0.4, 0.5) is 0 Å². The van der Waals surface area contributed by atoms with Crippen LogP contribution in [-0.4, -0.2) is 28.3 Å². The number of hydrogen-bond acceptors (Lipinski definition) is 4. The second kappa shape index (κ2) is 10.6. The van der Waals surface area contributed by atoms with Gasteiger partial charge in [-0.05, 0) is 31.1 Å². The highest BCUT2D eigenvalue weighted by molar-refractivity contribution is 6.31. The fraction of sp³-hybridized carbons (Fsp3) is 0.208. The molecule has 0 aliphatic heterocycles. The molecule has 0 aliphatic rings. The Labute approximate surface area is 186 Å². The van der Waals surface area contributed by atoms with Crippen LogP contribution in [0.5, 0.6) is 0 Å². The summed E-state index contributed by atoms with van der Waals surface area (Å²) in [6.45, 7) is 3.85. The molecular formula is C24H24ClN3O3. The molecule has 7 heteroatoms. The largest absolute Gasteiger partial charge is 0.452 e. The molecule has 31 heavy (non-hydrogen) atoms. The maximum atomic E-state index is 12.0. The van der Waals surface area contributed by atoms with Gasteiger partial charge in [-0.3, -0.25) is 4.79 Å². The molecule has 3 rings (SSSR count). The molecule has 1 heterocycles. The molecule has 0 spiro atoms. The minimum absolute atomic E-state index is 0.181. The summed E-state index contributed by atoms with van der Waals surface area (Å²) in [5.74, 6) is -1.00. The Kier molecular flexibility index (Phi) is 7.62.